The van der Waals surface area contributed by atoms with Gasteiger partial charge in [-0.3, -0.25) is 4.79 Å². The highest BCUT2D eigenvalue weighted by atomic mass is 16.3. The number of aliphatic hydroxyl groups is 1. The zero-order valence-electron chi connectivity index (χ0n) is 14.8. The zero-order valence-corrected chi connectivity index (χ0v) is 14.8. The fourth-order valence-electron chi connectivity index (χ4n) is 2.84. The van der Waals surface area contributed by atoms with Crippen LogP contribution < -0.4 is 0 Å². The molecule has 7 heteroatoms. The highest BCUT2D eigenvalue weighted by molar-refractivity contribution is 5.76. The Morgan fingerprint density at radius 3 is 2.71 bits per heavy atom. The molecule has 24 heavy (non-hydrogen) atoms. The van der Waals surface area contributed by atoms with Crippen molar-refractivity contribution < 1.29 is 9.90 Å². The number of hydrogen-bond donors (Lipinski definition) is 1. The number of amides is 1. The Bertz CT molecular complexity index is 811. The van der Waals surface area contributed by atoms with Crippen LogP contribution in [-0.2, 0) is 11.2 Å². The maximum Gasteiger partial charge on any atom is 0.222 e. The number of fused-ring (bicyclic) bond motifs is 1. The second kappa shape index (κ2) is 6.57. The van der Waals surface area contributed by atoms with Gasteiger partial charge in [-0.25, -0.2) is 9.50 Å². The molecule has 0 radical (unpaired) electrons. The molecule has 0 atom stereocenters. The van der Waals surface area contributed by atoms with E-state index in [0.29, 0.717) is 24.1 Å². The molecule has 0 aliphatic heterocycles. The van der Waals surface area contributed by atoms with Gasteiger partial charge >= 0.3 is 0 Å². The van der Waals surface area contributed by atoms with Crippen LogP contribution in [-0.4, -0.2) is 49.7 Å². The Morgan fingerprint density at radius 2 is 2.12 bits per heavy atom. The van der Waals surface area contributed by atoms with E-state index in [-0.39, 0.29) is 12.5 Å². The Morgan fingerprint density at radius 1 is 1.46 bits per heavy atom. The summed E-state index contributed by atoms with van der Waals surface area (Å²) in [7, 11) is 1.69. The molecule has 0 saturated heterocycles. The lowest BCUT2D eigenvalue weighted by atomic mass is 10.1. The standard InChI is InChI=1S/C17H23N5O2/c1-11-14(6-7-15(23)21(5)10-17(3,4)24)12(2)22-16(20-11)13(8-18)9-19-22/h9,24H,6-7,10H2,1-5H3. The minimum Gasteiger partial charge on any atom is -0.389 e. The van der Waals surface area contributed by atoms with Crippen LogP contribution >= 0.6 is 0 Å². The van der Waals surface area contributed by atoms with Crippen molar-refractivity contribution in [3.63, 3.8) is 0 Å². The third-order valence-electron chi connectivity index (χ3n) is 3.97. The molecule has 0 spiro atoms. The summed E-state index contributed by atoms with van der Waals surface area (Å²) in [5.41, 5.74) is 2.71. The van der Waals surface area contributed by atoms with Crippen molar-refractivity contribution in [2.45, 2.75) is 46.1 Å². The van der Waals surface area contributed by atoms with Gasteiger partial charge in [0.2, 0.25) is 5.91 Å². The molecule has 2 aromatic rings. The van der Waals surface area contributed by atoms with Crippen molar-refractivity contribution >= 4 is 11.6 Å². The van der Waals surface area contributed by atoms with Crippen molar-refractivity contribution in [1.29, 1.82) is 5.26 Å². The van der Waals surface area contributed by atoms with Crippen molar-refractivity contribution in [3.05, 3.63) is 28.7 Å². The Labute approximate surface area is 141 Å². The van der Waals surface area contributed by atoms with E-state index < -0.39 is 5.60 Å². The highest BCUT2D eigenvalue weighted by Gasteiger charge is 2.20. The van der Waals surface area contributed by atoms with Gasteiger partial charge in [0, 0.05) is 31.4 Å². The summed E-state index contributed by atoms with van der Waals surface area (Å²) in [4.78, 5) is 18.3. The lowest BCUT2D eigenvalue weighted by Gasteiger charge is -2.25. The minimum atomic E-state index is -0.917. The van der Waals surface area contributed by atoms with Gasteiger partial charge in [0.15, 0.2) is 5.65 Å². The van der Waals surface area contributed by atoms with E-state index in [1.165, 1.54) is 6.20 Å². The molecular formula is C17H23N5O2. The van der Waals surface area contributed by atoms with Crippen molar-refractivity contribution in [2.24, 2.45) is 0 Å². The van der Waals surface area contributed by atoms with Crippen molar-refractivity contribution in [2.75, 3.05) is 13.6 Å². The average Bonchev–Trinajstić information content (AvgIpc) is 2.87. The molecule has 7 nitrogen and oxygen atoms in total. The lowest BCUT2D eigenvalue weighted by molar-refractivity contribution is -0.132. The summed E-state index contributed by atoms with van der Waals surface area (Å²) < 4.78 is 1.64. The van der Waals surface area contributed by atoms with Crippen molar-refractivity contribution in [1.82, 2.24) is 19.5 Å². The van der Waals surface area contributed by atoms with Gasteiger partial charge in [0.1, 0.15) is 11.6 Å². The minimum absolute atomic E-state index is 0.0331. The molecule has 128 valence electrons. The third kappa shape index (κ3) is 3.71. The quantitative estimate of drug-likeness (QED) is 0.894. The van der Waals surface area contributed by atoms with Gasteiger partial charge in [0.05, 0.1) is 11.8 Å². The van der Waals surface area contributed by atoms with E-state index >= 15 is 0 Å². The smallest absolute Gasteiger partial charge is 0.222 e. The number of hydrogen-bond acceptors (Lipinski definition) is 5. The number of likely N-dealkylation sites (N-methyl/N-ethyl adjacent to an activating group) is 1. The molecule has 0 aliphatic rings. The first kappa shape index (κ1) is 17.9. The molecule has 2 rings (SSSR count). The Hall–Kier alpha value is -2.46. The van der Waals surface area contributed by atoms with Crippen LogP contribution in [0.5, 0.6) is 0 Å². The molecule has 0 unspecified atom stereocenters. The summed E-state index contributed by atoms with van der Waals surface area (Å²) in [5.74, 6) is -0.0331. The second-order valence-corrected chi connectivity index (χ2v) is 6.73. The molecule has 0 aliphatic carbocycles. The average molecular weight is 329 g/mol. The maximum atomic E-state index is 12.3. The number of aromatic nitrogens is 3. The molecular weight excluding hydrogens is 306 g/mol. The van der Waals surface area contributed by atoms with Gasteiger partial charge in [-0.15, -0.1) is 0 Å². The van der Waals surface area contributed by atoms with Gasteiger partial charge in [0.25, 0.3) is 0 Å². The number of carbonyl (C=O) groups excluding carboxylic acids is 1. The molecule has 0 saturated carbocycles. The second-order valence-electron chi connectivity index (χ2n) is 6.73. The van der Waals surface area contributed by atoms with Crippen LogP contribution in [0, 0.1) is 25.2 Å². The van der Waals surface area contributed by atoms with E-state index in [2.05, 4.69) is 16.2 Å². The number of nitriles is 1. The third-order valence-corrected chi connectivity index (χ3v) is 3.97. The first-order valence-corrected chi connectivity index (χ1v) is 7.84. The van der Waals surface area contributed by atoms with Crippen LogP contribution in [0.25, 0.3) is 5.65 Å². The predicted molar refractivity (Wildman–Crippen MR) is 89.4 cm³/mol. The van der Waals surface area contributed by atoms with Gasteiger partial charge in [-0.1, -0.05) is 0 Å². The Balaban J connectivity index is 2.19. The SMILES string of the molecule is Cc1nc2c(C#N)cnn2c(C)c1CCC(=O)N(C)CC(C)(C)O. The highest BCUT2D eigenvalue weighted by Crippen LogP contribution is 2.18. The number of nitrogens with zero attached hydrogens (tertiary/aromatic N) is 5. The largest absolute Gasteiger partial charge is 0.389 e. The fraction of sp³-hybridized carbons (Fsp3) is 0.529. The molecule has 2 heterocycles. The van der Waals surface area contributed by atoms with Crippen LogP contribution in [0.2, 0.25) is 0 Å². The topological polar surface area (TPSA) is 94.5 Å². The first-order chi connectivity index (χ1) is 11.1. The number of carbonyl (C=O) groups is 1. The van der Waals surface area contributed by atoms with E-state index in [9.17, 15) is 9.90 Å². The summed E-state index contributed by atoms with van der Waals surface area (Å²) in [6, 6.07) is 2.08. The van der Waals surface area contributed by atoms with Crippen LogP contribution in [0.15, 0.2) is 6.20 Å². The molecule has 0 bridgehead atoms. The van der Waals surface area contributed by atoms with E-state index in [0.717, 1.165) is 17.0 Å². The van der Waals surface area contributed by atoms with E-state index in [1.54, 1.807) is 30.3 Å². The lowest BCUT2D eigenvalue weighted by Crippen LogP contribution is -2.39. The predicted octanol–water partition coefficient (Wildman–Crippen LogP) is 1.38. The normalized spacial score (nSPS) is 11.5. The van der Waals surface area contributed by atoms with Crippen molar-refractivity contribution in [3.8, 4) is 6.07 Å². The molecule has 0 fully saturated rings. The summed E-state index contributed by atoms with van der Waals surface area (Å²) in [6.07, 6.45) is 2.37. The van der Waals surface area contributed by atoms with Gasteiger partial charge in [-0.05, 0) is 39.7 Å². The molecule has 1 N–H and O–H groups in total. The molecule has 0 aromatic carbocycles. The Kier molecular flexibility index (Phi) is 4.90. The maximum absolute atomic E-state index is 12.3. The molecule has 1 amide bonds. The number of aryl methyl sites for hydroxylation is 2. The summed E-state index contributed by atoms with van der Waals surface area (Å²) >= 11 is 0. The fourth-order valence-corrected chi connectivity index (χ4v) is 2.84. The summed E-state index contributed by atoms with van der Waals surface area (Å²) in [5, 5.41) is 23.1. The zero-order chi connectivity index (χ0) is 18.1. The summed E-state index contributed by atoms with van der Waals surface area (Å²) in [6.45, 7) is 7.42. The monoisotopic (exact) mass is 329 g/mol. The van der Waals surface area contributed by atoms with Crippen LogP contribution in [0.3, 0.4) is 0 Å². The molecule has 2 aromatic heterocycles. The van der Waals surface area contributed by atoms with E-state index in [4.69, 9.17) is 5.26 Å². The van der Waals surface area contributed by atoms with Crippen LogP contribution in [0.1, 0.15) is 42.8 Å². The van der Waals surface area contributed by atoms with Gasteiger partial charge < -0.3 is 10.0 Å². The first-order valence-electron chi connectivity index (χ1n) is 7.84. The van der Waals surface area contributed by atoms with E-state index in [1.807, 2.05) is 13.8 Å². The number of rotatable bonds is 5. The van der Waals surface area contributed by atoms with Crippen LogP contribution in [0.4, 0.5) is 0 Å². The van der Waals surface area contributed by atoms with Gasteiger partial charge in [-0.2, -0.15) is 10.4 Å².